The minimum absolute atomic E-state index is 0.444. The van der Waals surface area contributed by atoms with Gasteiger partial charge in [0, 0.05) is 16.6 Å². The van der Waals surface area contributed by atoms with Crippen LogP contribution in [0, 0.1) is 18.8 Å². The van der Waals surface area contributed by atoms with Crippen LogP contribution >= 0.6 is 15.9 Å². The molecule has 0 saturated heterocycles. The quantitative estimate of drug-likeness (QED) is 0.639. The Bertz CT molecular complexity index is 446. The number of halogens is 1. The molecule has 2 nitrogen and oxygen atoms in total. The largest absolute Gasteiger partial charge is 0.480 e. The van der Waals surface area contributed by atoms with Crippen molar-refractivity contribution in [3.05, 3.63) is 27.7 Å². The van der Waals surface area contributed by atoms with Crippen molar-refractivity contribution in [3.63, 3.8) is 0 Å². The minimum atomic E-state index is 0.444. The number of benzene rings is 1. The third-order valence-electron chi connectivity index (χ3n) is 2.52. The van der Waals surface area contributed by atoms with E-state index in [1.165, 1.54) is 5.56 Å². The summed E-state index contributed by atoms with van der Waals surface area (Å²) < 4.78 is 6.84. The normalized spacial score (nSPS) is 9.78. The summed E-state index contributed by atoms with van der Waals surface area (Å²) in [6, 6.07) is 4.17. The second kappa shape index (κ2) is 8.18. The van der Waals surface area contributed by atoms with Crippen LogP contribution in [0.5, 0.6) is 5.75 Å². The molecule has 0 spiro atoms. The Labute approximate surface area is 118 Å². The van der Waals surface area contributed by atoms with Crippen molar-refractivity contribution in [1.82, 2.24) is 5.32 Å². The van der Waals surface area contributed by atoms with Crippen LogP contribution in [0.1, 0.15) is 31.4 Å². The molecule has 3 heteroatoms. The SMILES string of the molecule is CC#CCOc1c(C)cc(Br)cc1CNCCC. The van der Waals surface area contributed by atoms with Gasteiger partial charge in [-0.1, -0.05) is 28.8 Å². The van der Waals surface area contributed by atoms with Gasteiger partial charge in [-0.05, 0) is 44.5 Å². The molecule has 1 rings (SSSR count). The van der Waals surface area contributed by atoms with Gasteiger partial charge >= 0.3 is 0 Å². The van der Waals surface area contributed by atoms with Gasteiger partial charge in [0.2, 0.25) is 0 Å². The van der Waals surface area contributed by atoms with Gasteiger partial charge in [-0.3, -0.25) is 0 Å². The lowest BCUT2D eigenvalue weighted by Crippen LogP contribution is -2.15. The van der Waals surface area contributed by atoms with Crippen LogP contribution in [0.25, 0.3) is 0 Å². The van der Waals surface area contributed by atoms with E-state index in [9.17, 15) is 0 Å². The molecular weight excluding hydrogens is 290 g/mol. The third-order valence-corrected chi connectivity index (χ3v) is 2.98. The molecule has 0 atom stereocenters. The van der Waals surface area contributed by atoms with E-state index in [0.29, 0.717) is 6.61 Å². The Morgan fingerprint density at radius 1 is 1.39 bits per heavy atom. The molecule has 0 fully saturated rings. The van der Waals surface area contributed by atoms with E-state index in [2.05, 4.69) is 59.1 Å². The highest BCUT2D eigenvalue weighted by Crippen LogP contribution is 2.28. The lowest BCUT2D eigenvalue weighted by Gasteiger charge is -2.14. The average Bonchev–Trinajstić information content (AvgIpc) is 2.32. The first-order valence-electron chi connectivity index (χ1n) is 6.21. The maximum atomic E-state index is 5.76. The summed E-state index contributed by atoms with van der Waals surface area (Å²) >= 11 is 3.53. The lowest BCUT2D eigenvalue weighted by atomic mass is 10.1. The van der Waals surface area contributed by atoms with Gasteiger partial charge in [0.1, 0.15) is 12.4 Å². The van der Waals surface area contributed by atoms with Crippen LogP contribution in [0.2, 0.25) is 0 Å². The molecule has 1 aromatic rings. The van der Waals surface area contributed by atoms with E-state index in [-0.39, 0.29) is 0 Å². The Kier molecular flexibility index (Phi) is 6.85. The molecule has 0 bridgehead atoms. The number of ether oxygens (including phenoxy) is 1. The first-order valence-corrected chi connectivity index (χ1v) is 7.00. The molecule has 1 aromatic carbocycles. The van der Waals surface area contributed by atoms with Gasteiger partial charge in [-0.15, -0.1) is 5.92 Å². The summed E-state index contributed by atoms with van der Waals surface area (Å²) in [6.45, 7) is 8.32. The fourth-order valence-electron chi connectivity index (χ4n) is 1.72. The van der Waals surface area contributed by atoms with Crippen LogP contribution < -0.4 is 10.1 Å². The van der Waals surface area contributed by atoms with Crippen molar-refractivity contribution in [3.8, 4) is 17.6 Å². The van der Waals surface area contributed by atoms with Crippen molar-refractivity contribution in [2.45, 2.75) is 33.7 Å². The van der Waals surface area contributed by atoms with Crippen LogP contribution in [0.3, 0.4) is 0 Å². The van der Waals surface area contributed by atoms with Crippen molar-refractivity contribution >= 4 is 15.9 Å². The fraction of sp³-hybridized carbons (Fsp3) is 0.467. The maximum Gasteiger partial charge on any atom is 0.149 e. The molecule has 98 valence electrons. The van der Waals surface area contributed by atoms with Gasteiger partial charge in [0.15, 0.2) is 0 Å². The summed E-state index contributed by atoms with van der Waals surface area (Å²) in [5, 5.41) is 3.40. The first-order chi connectivity index (χ1) is 8.69. The highest BCUT2D eigenvalue weighted by atomic mass is 79.9. The number of hydrogen-bond donors (Lipinski definition) is 1. The van der Waals surface area contributed by atoms with Gasteiger partial charge in [-0.25, -0.2) is 0 Å². The Morgan fingerprint density at radius 2 is 2.17 bits per heavy atom. The summed E-state index contributed by atoms with van der Waals surface area (Å²) in [6.07, 6.45) is 1.13. The van der Waals surface area contributed by atoms with Crippen LogP contribution in [-0.2, 0) is 6.54 Å². The summed E-state index contributed by atoms with van der Waals surface area (Å²) in [5.74, 6) is 6.72. The first kappa shape index (κ1) is 15.1. The van der Waals surface area contributed by atoms with Crippen molar-refractivity contribution in [2.24, 2.45) is 0 Å². The monoisotopic (exact) mass is 309 g/mol. The molecule has 0 radical (unpaired) electrons. The summed E-state index contributed by atoms with van der Waals surface area (Å²) in [4.78, 5) is 0. The van der Waals surface area contributed by atoms with Crippen LogP contribution in [-0.4, -0.2) is 13.2 Å². The van der Waals surface area contributed by atoms with E-state index in [4.69, 9.17) is 4.74 Å². The van der Waals surface area contributed by atoms with E-state index in [1.807, 2.05) is 6.92 Å². The molecule has 0 amide bonds. The maximum absolute atomic E-state index is 5.76. The zero-order valence-electron chi connectivity index (χ0n) is 11.3. The Hall–Kier alpha value is -0.980. The highest BCUT2D eigenvalue weighted by Gasteiger charge is 2.08. The molecule has 0 aliphatic carbocycles. The number of nitrogens with one attached hydrogen (secondary N) is 1. The second-order valence-corrected chi connectivity index (χ2v) is 5.02. The predicted octanol–water partition coefficient (Wildman–Crippen LogP) is 3.66. The molecule has 18 heavy (non-hydrogen) atoms. The second-order valence-electron chi connectivity index (χ2n) is 4.10. The topological polar surface area (TPSA) is 21.3 Å². The molecule has 0 aliphatic rings. The molecule has 0 aliphatic heterocycles. The molecular formula is C15H20BrNO. The van der Waals surface area contributed by atoms with Gasteiger partial charge < -0.3 is 10.1 Å². The zero-order valence-corrected chi connectivity index (χ0v) is 12.9. The zero-order chi connectivity index (χ0) is 13.4. The molecule has 1 N–H and O–H groups in total. The molecule has 0 saturated carbocycles. The van der Waals surface area contributed by atoms with Crippen LogP contribution in [0.15, 0.2) is 16.6 Å². The van der Waals surface area contributed by atoms with E-state index in [0.717, 1.165) is 35.3 Å². The minimum Gasteiger partial charge on any atom is -0.480 e. The highest BCUT2D eigenvalue weighted by molar-refractivity contribution is 9.10. The smallest absolute Gasteiger partial charge is 0.149 e. The van der Waals surface area contributed by atoms with Gasteiger partial charge in [0.25, 0.3) is 0 Å². The van der Waals surface area contributed by atoms with E-state index >= 15 is 0 Å². The van der Waals surface area contributed by atoms with Crippen molar-refractivity contribution < 1.29 is 4.74 Å². The number of hydrogen-bond acceptors (Lipinski definition) is 2. The Balaban J connectivity index is 2.84. The summed E-state index contributed by atoms with van der Waals surface area (Å²) in [5.41, 5.74) is 2.31. The number of aryl methyl sites for hydroxylation is 1. The molecule has 0 aromatic heterocycles. The predicted molar refractivity (Wildman–Crippen MR) is 79.8 cm³/mol. The van der Waals surface area contributed by atoms with Crippen molar-refractivity contribution in [1.29, 1.82) is 0 Å². The standard InChI is InChI=1S/C15H20BrNO/c1-4-6-8-18-15-12(3)9-14(16)10-13(15)11-17-7-5-2/h9-10,17H,5,7-8,11H2,1-3H3. The van der Waals surface area contributed by atoms with Crippen molar-refractivity contribution in [2.75, 3.05) is 13.2 Å². The van der Waals surface area contributed by atoms with Crippen LogP contribution in [0.4, 0.5) is 0 Å². The Morgan fingerprint density at radius 3 is 2.83 bits per heavy atom. The lowest BCUT2D eigenvalue weighted by molar-refractivity contribution is 0.362. The molecule has 0 unspecified atom stereocenters. The fourth-order valence-corrected chi connectivity index (χ4v) is 2.34. The van der Waals surface area contributed by atoms with Gasteiger partial charge in [-0.2, -0.15) is 0 Å². The third kappa shape index (κ3) is 4.72. The summed E-state index contributed by atoms with van der Waals surface area (Å²) in [7, 11) is 0. The van der Waals surface area contributed by atoms with E-state index in [1.54, 1.807) is 0 Å². The molecule has 0 heterocycles. The van der Waals surface area contributed by atoms with Gasteiger partial charge in [0.05, 0.1) is 0 Å². The van der Waals surface area contributed by atoms with E-state index < -0.39 is 0 Å². The number of rotatable bonds is 6. The average molecular weight is 310 g/mol.